The van der Waals surface area contributed by atoms with Crippen molar-refractivity contribution in [1.29, 1.82) is 0 Å². The third-order valence-electron chi connectivity index (χ3n) is 10.0. The van der Waals surface area contributed by atoms with Crippen LogP contribution in [0.5, 0.6) is 0 Å². The Kier molecular flexibility index (Phi) is 45.0. The van der Waals surface area contributed by atoms with Crippen molar-refractivity contribution in [3.8, 4) is 0 Å². The highest BCUT2D eigenvalue weighted by Gasteiger charge is 2.17. The minimum absolute atomic E-state index is 0.0691. The van der Waals surface area contributed by atoms with Crippen molar-refractivity contribution in [2.75, 3.05) is 19.8 Å². The van der Waals surface area contributed by atoms with Crippen molar-refractivity contribution in [3.63, 3.8) is 0 Å². The molecule has 0 spiro atoms. The van der Waals surface area contributed by atoms with Crippen LogP contribution in [0, 0.1) is 0 Å². The zero-order chi connectivity index (χ0) is 40.7. The molecule has 0 amide bonds. The van der Waals surface area contributed by atoms with E-state index < -0.39 is 6.10 Å². The monoisotopic (exact) mass is 783 g/mol. The summed E-state index contributed by atoms with van der Waals surface area (Å²) in [4.78, 5) is 25.1. The molecule has 324 valence electrons. The second-order valence-electron chi connectivity index (χ2n) is 15.6. The van der Waals surface area contributed by atoms with Crippen LogP contribution < -0.4 is 0 Å². The lowest BCUT2D eigenvalue weighted by Gasteiger charge is -2.18. The molecule has 0 radical (unpaired) electrons. The highest BCUT2D eigenvalue weighted by atomic mass is 16.6. The first kappa shape index (κ1) is 53.6. The maximum absolute atomic E-state index is 12.6. The molecule has 5 nitrogen and oxygen atoms in total. The molecule has 0 aromatic heterocycles. The van der Waals surface area contributed by atoms with Gasteiger partial charge in [-0.15, -0.1) is 0 Å². The number of hydrogen-bond acceptors (Lipinski definition) is 5. The van der Waals surface area contributed by atoms with Crippen molar-refractivity contribution >= 4 is 11.9 Å². The first-order chi connectivity index (χ1) is 27.6. The second-order valence-corrected chi connectivity index (χ2v) is 15.6. The van der Waals surface area contributed by atoms with Crippen LogP contribution >= 0.6 is 0 Å². The largest absolute Gasteiger partial charge is 0.462 e. The third-order valence-corrected chi connectivity index (χ3v) is 10.0. The van der Waals surface area contributed by atoms with Gasteiger partial charge >= 0.3 is 11.9 Å². The standard InChI is InChI=1S/C51H90O5/c1-4-7-10-13-16-18-20-22-23-24-25-26-27-28-30-32-34-37-40-43-46-54-47-49(56-51(53)45-42-39-35-15-12-9-6-3)48-55-50(52)44-41-38-36-33-31-29-21-19-17-14-11-8-5-2/h8,11,16-19,22-23,29,31,49H,4-7,9-10,12-15,20-21,24-28,30,32-48H2,1-3H3/b11-8-,18-16-,19-17-,23-22-,31-29-. The normalized spacial score (nSPS) is 12.7. The lowest BCUT2D eigenvalue weighted by molar-refractivity contribution is -0.163. The Balaban J connectivity index is 4.13. The van der Waals surface area contributed by atoms with Gasteiger partial charge in [0, 0.05) is 19.4 Å². The fourth-order valence-electron chi connectivity index (χ4n) is 6.49. The maximum atomic E-state index is 12.6. The van der Waals surface area contributed by atoms with E-state index >= 15 is 0 Å². The van der Waals surface area contributed by atoms with Crippen molar-refractivity contribution in [2.45, 2.75) is 232 Å². The molecule has 0 saturated carbocycles. The number of unbranched alkanes of at least 4 members (excludes halogenated alkanes) is 22. The first-order valence-electron chi connectivity index (χ1n) is 23.8. The van der Waals surface area contributed by atoms with E-state index in [1.54, 1.807) is 0 Å². The Bertz CT molecular complexity index is 977. The molecule has 0 aromatic carbocycles. The van der Waals surface area contributed by atoms with Gasteiger partial charge in [0.2, 0.25) is 0 Å². The Morgan fingerprint density at radius 3 is 1.34 bits per heavy atom. The van der Waals surface area contributed by atoms with Crippen LogP contribution in [0.4, 0.5) is 0 Å². The Hall–Kier alpha value is -2.40. The Morgan fingerprint density at radius 2 is 0.804 bits per heavy atom. The summed E-state index contributed by atoms with van der Waals surface area (Å²) in [6.45, 7) is 7.62. The summed E-state index contributed by atoms with van der Waals surface area (Å²) in [5.41, 5.74) is 0. The average Bonchev–Trinajstić information content (AvgIpc) is 3.20. The van der Waals surface area contributed by atoms with E-state index in [9.17, 15) is 9.59 Å². The molecule has 0 bridgehead atoms. The van der Waals surface area contributed by atoms with Crippen LogP contribution in [0.3, 0.4) is 0 Å². The topological polar surface area (TPSA) is 61.8 Å². The van der Waals surface area contributed by atoms with Gasteiger partial charge in [-0.3, -0.25) is 9.59 Å². The fourth-order valence-corrected chi connectivity index (χ4v) is 6.49. The van der Waals surface area contributed by atoms with E-state index in [1.807, 2.05) is 0 Å². The smallest absolute Gasteiger partial charge is 0.306 e. The van der Waals surface area contributed by atoms with Crippen molar-refractivity contribution in [2.24, 2.45) is 0 Å². The van der Waals surface area contributed by atoms with Crippen LogP contribution in [-0.4, -0.2) is 37.9 Å². The number of carbonyl (C=O) groups excluding carboxylic acids is 2. The zero-order valence-electron chi connectivity index (χ0n) is 37.1. The molecule has 0 rings (SSSR count). The van der Waals surface area contributed by atoms with Crippen LogP contribution in [0.1, 0.15) is 226 Å². The number of rotatable bonds is 43. The van der Waals surface area contributed by atoms with E-state index in [0.717, 1.165) is 83.5 Å². The molecule has 5 heteroatoms. The van der Waals surface area contributed by atoms with E-state index in [0.29, 0.717) is 19.4 Å². The summed E-state index contributed by atoms with van der Waals surface area (Å²) < 4.78 is 17.3. The first-order valence-corrected chi connectivity index (χ1v) is 23.8. The highest BCUT2D eigenvalue weighted by molar-refractivity contribution is 5.70. The van der Waals surface area contributed by atoms with Gasteiger partial charge in [0.25, 0.3) is 0 Å². The number of hydrogen-bond donors (Lipinski definition) is 0. The quantitative estimate of drug-likeness (QED) is 0.0350. The molecule has 0 aliphatic carbocycles. The van der Waals surface area contributed by atoms with Gasteiger partial charge in [0.1, 0.15) is 6.61 Å². The molecule has 0 saturated heterocycles. The van der Waals surface area contributed by atoms with E-state index in [-0.39, 0.29) is 25.2 Å². The molecule has 0 aromatic rings. The molecule has 1 atom stereocenters. The molecule has 0 fully saturated rings. The highest BCUT2D eigenvalue weighted by Crippen LogP contribution is 2.13. The number of allylic oxidation sites excluding steroid dienone is 10. The van der Waals surface area contributed by atoms with Gasteiger partial charge in [-0.2, -0.15) is 0 Å². The fraction of sp³-hybridized carbons (Fsp3) is 0.765. The van der Waals surface area contributed by atoms with Gasteiger partial charge in [-0.1, -0.05) is 191 Å². The van der Waals surface area contributed by atoms with Gasteiger partial charge in [-0.05, 0) is 83.5 Å². The molecule has 0 aliphatic heterocycles. The molecular formula is C51H90O5. The van der Waals surface area contributed by atoms with Crippen molar-refractivity contribution in [3.05, 3.63) is 60.8 Å². The summed E-state index contributed by atoms with van der Waals surface area (Å²) in [7, 11) is 0. The van der Waals surface area contributed by atoms with Gasteiger partial charge < -0.3 is 14.2 Å². The van der Waals surface area contributed by atoms with Crippen molar-refractivity contribution < 1.29 is 23.8 Å². The Morgan fingerprint density at radius 1 is 0.411 bits per heavy atom. The van der Waals surface area contributed by atoms with Gasteiger partial charge in [0.15, 0.2) is 6.10 Å². The molecule has 0 heterocycles. The Labute approximate surface area is 347 Å². The average molecular weight is 783 g/mol. The lowest BCUT2D eigenvalue weighted by atomic mass is 10.1. The summed E-state index contributed by atoms with van der Waals surface area (Å²) in [5, 5.41) is 0. The minimum Gasteiger partial charge on any atom is -0.462 e. The molecule has 56 heavy (non-hydrogen) atoms. The molecule has 0 aliphatic rings. The SMILES string of the molecule is CC/C=C\C/C=C\C/C=C\CCCCCC(=O)OCC(COCCCCCCCCCCCC/C=C\C/C=C\CCCCC)OC(=O)CCCCCCCCC. The predicted molar refractivity (Wildman–Crippen MR) is 242 cm³/mol. The van der Waals surface area contributed by atoms with Gasteiger partial charge in [0.05, 0.1) is 6.61 Å². The molecule has 1 unspecified atom stereocenters. The van der Waals surface area contributed by atoms with Crippen LogP contribution in [0.25, 0.3) is 0 Å². The summed E-state index contributed by atoms with van der Waals surface area (Å²) >= 11 is 0. The number of esters is 2. The van der Waals surface area contributed by atoms with Crippen LogP contribution in [0.2, 0.25) is 0 Å². The van der Waals surface area contributed by atoms with Crippen molar-refractivity contribution in [1.82, 2.24) is 0 Å². The van der Waals surface area contributed by atoms with E-state index in [2.05, 4.69) is 81.5 Å². The summed E-state index contributed by atoms with van der Waals surface area (Å²) in [5.74, 6) is -0.437. The van der Waals surface area contributed by atoms with E-state index in [4.69, 9.17) is 14.2 Å². The second kappa shape index (κ2) is 47.0. The predicted octanol–water partition coefficient (Wildman–Crippen LogP) is 15.8. The summed E-state index contributed by atoms with van der Waals surface area (Å²) in [6, 6.07) is 0. The van der Waals surface area contributed by atoms with Gasteiger partial charge in [-0.25, -0.2) is 0 Å². The maximum Gasteiger partial charge on any atom is 0.306 e. The van der Waals surface area contributed by atoms with Crippen LogP contribution in [0.15, 0.2) is 60.8 Å². The molecular weight excluding hydrogens is 693 g/mol. The minimum atomic E-state index is -0.545. The number of carbonyl (C=O) groups is 2. The number of ether oxygens (including phenoxy) is 3. The van der Waals surface area contributed by atoms with Crippen LogP contribution in [-0.2, 0) is 23.8 Å². The zero-order valence-corrected chi connectivity index (χ0v) is 37.1. The van der Waals surface area contributed by atoms with E-state index in [1.165, 1.54) is 109 Å². The molecule has 0 N–H and O–H groups in total. The third kappa shape index (κ3) is 44.3. The lowest BCUT2D eigenvalue weighted by Crippen LogP contribution is -2.30. The summed E-state index contributed by atoms with van der Waals surface area (Å²) in [6.07, 6.45) is 58.1.